The van der Waals surface area contributed by atoms with Gasteiger partial charge in [0.1, 0.15) is 5.75 Å². The second kappa shape index (κ2) is 8.99. The summed E-state index contributed by atoms with van der Waals surface area (Å²) in [6.07, 6.45) is 2.39. The van der Waals surface area contributed by atoms with Gasteiger partial charge in [-0.3, -0.25) is 9.79 Å². The van der Waals surface area contributed by atoms with E-state index in [1.807, 2.05) is 18.2 Å². The fraction of sp³-hybridized carbons (Fsp3) is 0.391. The van der Waals surface area contributed by atoms with E-state index in [0.29, 0.717) is 13.0 Å². The molecule has 0 spiro atoms. The number of carbonyl (C=O) groups is 1. The highest BCUT2D eigenvalue weighted by Gasteiger charge is 2.24. The van der Waals surface area contributed by atoms with Crippen LogP contribution in [0.15, 0.2) is 47.5 Å². The number of carbonyl (C=O) groups excluding carboxylic acids is 1. The van der Waals surface area contributed by atoms with Crippen LogP contribution in [0.2, 0.25) is 0 Å². The minimum Gasteiger partial charge on any atom is -0.493 e. The van der Waals surface area contributed by atoms with Crippen molar-refractivity contribution in [2.24, 2.45) is 4.99 Å². The Balaban J connectivity index is 1.36. The van der Waals surface area contributed by atoms with Crippen LogP contribution in [0.3, 0.4) is 0 Å². The lowest BCUT2D eigenvalue weighted by atomic mass is 9.91. The van der Waals surface area contributed by atoms with E-state index in [-0.39, 0.29) is 11.8 Å². The first-order chi connectivity index (χ1) is 14.2. The molecule has 1 unspecified atom stereocenters. The predicted octanol–water partition coefficient (Wildman–Crippen LogP) is 2.85. The first kappa shape index (κ1) is 19.3. The van der Waals surface area contributed by atoms with Crippen LogP contribution < -0.4 is 20.7 Å². The maximum atomic E-state index is 12.0. The summed E-state index contributed by atoms with van der Waals surface area (Å²) in [7, 11) is 0. The zero-order valence-corrected chi connectivity index (χ0v) is 16.8. The van der Waals surface area contributed by atoms with Crippen LogP contribution in [0.25, 0.3) is 0 Å². The summed E-state index contributed by atoms with van der Waals surface area (Å²) < 4.78 is 5.58. The van der Waals surface area contributed by atoms with Gasteiger partial charge in [0.05, 0.1) is 13.2 Å². The molecular formula is C23H28N4O2. The van der Waals surface area contributed by atoms with Crippen molar-refractivity contribution in [1.82, 2.24) is 10.6 Å². The molecule has 2 aromatic carbocycles. The Morgan fingerprint density at radius 3 is 3.03 bits per heavy atom. The van der Waals surface area contributed by atoms with Gasteiger partial charge in [0.2, 0.25) is 5.91 Å². The molecule has 6 heteroatoms. The van der Waals surface area contributed by atoms with Gasteiger partial charge in [-0.05, 0) is 42.2 Å². The average molecular weight is 393 g/mol. The molecule has 2 heterocycles. The number of benzene rings is 2. The highest BCUT2D eigenvalue weighted by Crippen LogP contribution is 2.32. The minimum absolute atomic E-state index is 0.0578. The van der Waals surface area contributed by atoms with Gasteiger partial charge in [-0.15, -0.1) is 0 Å². The largest absolute Gasteiger partial charge is 0.493 e. The lowest BCUT2D eigenvalue weighted by molar-refractivity contribution is -0.116. The van der Waals surface area contributed by atoms with Crippen LogP contribution in [0, 0.1) is 0 Å². The van der Waals surface area contributed by atoms with Crippen molar-refractivity contribution in [2.75, 3.05) is 31.6 Å². The zero-order chi connectivity index (χ0) is 20.1. The fourth-order valence-corrected chi connectivity index (χ4v) is 3.93. The normalized spacial score (nSPS) is 17.8. The molecule has 0 saturated heterocycles. The number of fused-ring (bicyclic) bond motifs is 2. The number of nitrogens with zero attached hydrogens (tertiary/aromatic N) is 1. The van der Waals surface area contributed by atoms with Crippen molar-refractivity contribution in [1.29, 1.82) is 0 Å². The number of rotatable bonds is 6. The number of hydrogen-bond acceptors (Lipinski definition) is 3. The van der Waals surface area contributed by atoms with Crippen LogP contribution in [0.4, 0.5) is 5.69 Å². The topological polar surface area (TPSA) is 74.8 Å². The third-order valence-corrected chi connectivity index (χ3v) is 5.38. The molecule has 6 nitrogen and oxygen atoms in total. The van der Waals surface area contributed by atoms with Gasteiger partial charge in [0.15, 0.2) is 5.96 Å². The average Bonchev–Trinajstić information content (AvgIpc) is 3.19. The fourth-order valence-electron chi connectivity index (χ4n) is 3.93. The Morgan fingerprint density at radius 2 is 2.14 bits per heavy atom. The van der Waals surface area contributed by atoms with E-state index in [0.717, 1.165) is 55.5 Å². The SMILES string of the molecule is CCNC(=NCC1CC(=O)Nc2ccccc21)NCCc1ccc2c(c1)CCO2. The smallest absolute Gasteiger partial charge is 0.225 e. The predicted molar refractivity (Wildman–Crippen MR) is 116 cm³/mol. The van der Waals surface area contributed by atoms with Crippen LogP contribution in [0.5, 0.6) is 5.75 Å². The van der Waals surface area contributed by atoms with Gasteiger partial charge >= 0.3 is 0 Å². The molecule has 0 aromatic heterocycles. The summed E-state index contributed by atoms with van der Waals surface area (Å²) in [5.41, 5.74) is 4.67. The van der Waals surface area contributed by atoms with Crippen molar-refractivity contribution < 1.29 is 9.53 Å². The molecular weight excluding hydrogens is 364 g/mol. The number of guanidine groups is 1. The molecule has 4 rings (SSSR count). The van der Waals surface area contributed by atoms with Crippen LogP contribution in [-0.4, -0.2) is 38.1 Å². The number of anilines is 1. The Hall–Kier alpha value is -3.02. The number of amides is 1. The van der Waals surface area contributed by atoms with Crippen LogP contribution >= 0.6 is 0 Å². The number of ether oxygens (including phenoxy) is 1. The Labute approximate surface area is 171 Å². The highest BCUT2D eigenvalue weighted by molar-refractivity contribution is 5.94. The maximum Gasteiger partial charge on any atom is 0.225 e. The van der Waals surface area contributed by atoms with Gasteiger partial charge in [-0.1, -0.05) is 30.3 Å². The molecule has 3 N–H and O–H groups in total. The van der Waals surface area contributed by atoms with Gasteiger partial charge in [-0.2, -0.15) is 0 Å². The summed E-state index contributed by atoms with van der Waals surface area (Å²) in [5, 5.41) is 9.67. The molecule has 0 bridgehead atoms. The molecule has 0 saturated carbocycles. The molecule has 2 aromatic rings. The summed E-state index contributed by atoms with van der Waals surface area (Å²) in [5.74, 6) is 1.98. The minimum atomic E-state index is 0.0578. The van der Waals surface area contributed by atoms with Crippen molar-refractivity contribution in [3.8, 4) is 5.75 Å². The van der Waals surface area contributed by atoms with Gasteiger partial charge in [-0.25, -0.2) is 0 Å². The van der Waals surface area contributed by atoms with E-state index in [2.05, 4.69) is 47.1 Å². The van der Waals surface area contributed by atoms with Gasteiger partial charge in [0, 0.05) is 37.5 Å². The Kier molecular flexibility index (Phi) is 5.98. The number of aliphatic imine (C=N–C) groups is 1. The Morgan fingerprint density at radius 1 is 1.24 bits per heavy atom. The molecule has 29 heavy (non-hydrogen) atoms. The zero-order valence-electron chi connectivity index (χ0n) is 16.8. The Bertz CT molecular complexity index is 910. The quantitative estimate of drug-likeness (QED) is 0.522. The molecule has 0 aliphatic carbocycles. The molecule has 0 radical (unpaired) electrons. The highest BCUT2D eigenvalue weighted by atomic mass is 16.5. The second-order valence-corrected chi connectivity index (χ2v) is 7.47. The van der Waals surface area contributed by atoms with E-state index in [4.69, 9.17) is 9.73 Å². The number of nitrogens with one attached hydrogen (secondary N) is 3. The van der Waals surface area contributed by atoms with E-state index >= 15 is 0 Å². The summed E-state index contributed by atoms with van der Waals surface area (Å²) in [6, 6.07) is 14.4. The van der Waals surface area contributed by atoms with E-state index in [9.17, 15) is 4.79 Å². The van der Waals surface area contributed by atoms with Crippen LogP contribution in [-0.2, 0) is 17.6 Å². The van der Waals surface area contributed by atoms with Crippen molar-refractivity contribution >= 4 is 17.6 Å². The van der Waals surface area contributed by atoms with E-state index < -0.39 is 0 Å². The first-order valence-electron chi connectivity index (χ1n) is 10.4. The maximum absolute atomic E-state index is 12.0. The third-order valence-electron chi connectivity index (χ3n) is 5.38. The second-order valence-electron chi connectivity index (χ2n) is 7.47. The van der Waals surface area contributed by atoms with Crippen molar-refractivity contribution in [3.63, 3.8) is 0 Å². The van der Waals surface area contributed by atoms with Gasteiger partial charge in [0.25, 0.3) is 0 Å². The summed E-state index contributed by atoms with van der Waals surface area (Å²) in [4.78, 5) is 16.8. The summed E-state index contributed by atoms with van der Waals surface area (Å²) >= 11 is 0. The number of hydrogen-bond donors (Lipinski definition) is 3. The third kappa shape index (κ3) is 4.70. The molecule has 2 aliphatic rings. The molecule has 2 aliphatic heterocycles. The lowest BCUT2D eigenvalue weighted by Crippen LogP contribution is -2.38. The standard InChI is InChI=1S/C23H28N4O2/c1-2-24-23(25-11-9-16-7-8-21-17(13-16)10-12-29-21)26-15-18-14-22(28)27-20-6-4-3-5-19(18)20/h3-8,13,18H,2,9-12,14-15H2,1H3,(H,27,28)(H2,24,25,26). The van der Waals surface area contributed by atoms with Crippen molar-refractivity contribution in [2.45, 2.75) is 32.1 Å². The van der Waals surface area contributed by atoms with Crippen LogP contribution in [0.1, 0.15) is 36.0 Å². The number of para-hydroxylation sites is 1. The first-order valence-corrected chi connectivity index (χ1v) is 10.4. The van der Waals surface area contributed by atoms with Crippen molar-refractivity contribution in [3.05, 3.63) is 59.2 Å². The molecule has 1 atom stereocenters. The summed E-state index contributed by atoms with van der Waals surface area (Å²) in [6.45, 7) is 5.02. The molecule has 152 valence electrons. The monoisotopic (exact) mass is 392 g/mol. The van der Waals surface area contributed by atoms with Gasteiger partial charge < -0.3 is 20.7 Å². The molecule has 1 amide bonds. The molecule has 0 fully saturated rings. The van der Waals surface area contributed by atoms with E-state index in [1.165, 1.54) is 11.1 Å². The van der Waals surface area contributed by atoms with E-state index in [1.54, 1.807) is 0 Å². The lowest BCUT2D eigenvalue weighted by Gasteiger charge is -2.24.